The quantitative estimate of drug-likeness (QED) is 0.796. The zero-order valence-electron chi connectivity index (χ0n) is 15.4. The maximum absolute atomic E-state index is 12.8. The highest BCUT2D eigenvalue weighted by atomic mass is 35.5. The van der Waals surface area contributed by atoms with Gasteiger partial charge in [0.25, 0.3) is 5.91 Å². The predicted molar refractivity (Wildman–Crippen MR) is 100 cm³/mol. The lowest BCUT2D eigenvalue weighted by molar-refractivity contribution is 0.00843. The molecular weight excluding hydrogens is 326 g/mol. The van der Waals surface area contributed by atoms with E-state index in [4.69, 9.17) is 10.5 Å². The van der Waals surface area contributed by atoms with Crippen LogP contribution < -0.4 is 5.73 Å². The first-order valence-electron chi connectivity index (χ1n) is 8.75. The van der Waals surface area contributed by atoms with Crippen LogP contribution in [0.1, 0.15) is 60.9 Å². The number of halogens is 1. The second-order valence-corrected chi connectivity index (χ2v) is 6.75. The number of nitrogens with two attached hydrogens (primary N) is 1. The molecule has 1 aromatic heterocycles. The molecular formula is C18H32ClN3O2. The zero-order valence-corrected chi connectivity index (χ0v) is 16.2. The maximum Gasteiger partial charge on any atom is 0.255 e. The third-order valence-corrected chi connectivity index (χ3v) is 4.66. The van der Waals surface area contributed by atoms with Crippen molar-refractivity contribution in [2.24, 2.45) is 5.73 Å². The molecule has 1 fully saturated rings. The molecule has 0 aromatic carbocycles. The number of aromatic nitrogens is 1. The molecule has 0 bridgehead atoms. The average Bonchev–Trinajstić information content (AvgIpc) is 2.82. The molecule has 24 heavy (non-hydrogen) atoms. The Hall–Kier alpha value is -1.04. The molecule has 5 nitrogen and oxygen atoms in total. The van der Waals surface area contributed by atoms with Gasteiger partial charge < -0.3 is 19.9 Å². The highest BCUT2D eigenvalue weighted by Gasteiger charge is 2.26. The van der Waals surface area contributed by atoms with E-state index in [0.29, 0.717) is 12.6 Å². The van der Waals surface area contributed by atoms with Gasteiger partial charge in [0.15, 0.2) is 0 Å². The highest BCUT2D eigenvalue weighted by Crippen LogP contribution is 2.23. The number of piperidine rings is 1. The zero-order chi connectivity index (χ0) is 17.0. The smallest absolute Gasteiger partial charge is 0.255 e. The van der Waals surface area contributed by atoms with Crippen LogP contribution in [-0.2, 0) is 4.74 Å². The molecule has 2 rings (SSSR count). The summed E-state index contributed by atoms with van der Waals surface area (Å²) in [6.07, 6.45) is 3.01. The summed E-state index contributed by atoms with van der Waals surface area (Å²) < 4.78 is 8.05. The molecule has 138 valence electrons. The molecule has 2 heterocycles. The van der Waals surface area contributed by atoms with Gasteiger partial charge in [0.05, 0.1) is 11.7 Å². The lowest BCUT2D eigenvalue weighted by atomic mass is 10.1. The molecule has 0 atom stereocenters. The minimum absolute atomic E-state index is 0. The van der Waals surface area contributed by atoms with Crippen molar-refractivity contribution < 1.29 is 9.53 Å². The van der Waals surface area contributed by atoms with Crippen LogP contribution in [0.15, 0.2) is 6.07 Å². The number of ether oxygens (including phenoxy) is 1. The minimum atomic E-state index is 0. The Labute approximate surface area is 151 Å². The van der Waals surface area contributed by atoms with E-state index in [0.717, 1.165) is 55.9 Å². The van der Waals surface area contributed by atoms with E-state index in [-0.39, 0.29) is 24.4 Å². The number of carbonyl (C=O) groups is 1. The van der Waals surface area contributed by atoms with Crippen molar-refractivity contribution in [1.82, 2.24) is 9.47 Å². The molecule has 0 spiro atoms. The summed E-state index contributed by atoms with van der Waals surface area (Å²) in [5.74, 6) is 0.158. The van der Waals surface area contributed by atoms with Crippen molar-refractivity contribution in [3.8, 4) is 0 Å². The summed E-state index contributed by atoms with van der Waals surface area (Å²) in [6, 6.07) is 2.40. The van der Waals surface area contributed by atoms with Gasteiger partial charge >= 0.3 is 0 Å². The van der Waals surface area contributed by atoms with Crippen LogP contribution >= 0.6 is 12.4 Å². The minimum Gasteiger partial charge on any atom is -0.378 e. The van der Waals surface area contributed by atoms with E-state index in [1.54, 1.807) is 0 Å². The van der Waals surface area contributed by atoms with Gasteiger partial charge in [-0.05, 0) is 59.6 Å². The molecule has 0 radical (unpaired) electrons. The van der Waals surface area contributed by atoms with Crippen LogP contribution in [0, 0.1) is 13.8 Å². The predicted octanol–water partition coefficient (Wildman–Crippen LogP) is 3.08. The summed E-state index contributed by atoms with van der Waals surface area (Å²) in [4.78, 5) is 14.8. The summed E-state index contributed by atoms with van der Waals surface area (Å²) >= 11 is 0. The molecule has 0 unspecified atom stereocenters. The number of rotatable bonds is 6. The molecule has 6 heteroatoms. The van der Waals surface area contributed by atoms with E-state index in [9.17, 15) is 4.79 Å². The second kappa shape index (κ2) is 9.44. The lowest BCUT2D eigenvalue weighted by Crippen LogP contribution is -2.41. The van der Waals surface area contributed by atoms with Gasteiger partial charge in [-0.2, -0.15) is 0 Å². The highest BCUT2D eigenvalue weighted by molar-refractivity contribution is 5.95. The summed E-state index contributed by atoms with van der Waals surface area (Å²) in [6.45, 7) is 11.4. The molecule has 1 aliphatic rings. The summed E-state index contributed by atoms with van der Waals surface area (Å²) in [5.41, 5.74) is 8.56. The summed E-state index contributed by atoms with van der Waals surface area (Å²) in [7, 11) is 0. The number of nitrogens with zero attached hydrogens (tertiary/aromatic N) is 2. The SMILES string of the molecule is Cc1cc(C(=O)N2CCC(OCCCN)CC2)c(C)n1C(C)C.Cl. The van der Waals surface area contributed by atoms with Crippen molar-refractivity contribution in [3.05, 3.63) is 23.0 Å². The standard InChI is InChI=1S/C18H31N3O2.ClH/c1-13(2)21-14(3)12-17(15(21)4)18(22)20-9-6-16(7-10-20)23-11-5-8-19;/h12-13,16H,5-11,19H2,1-4H3;1H. The average molecular weight is 358 g/mol. The Morgan fingerprint density at radius 3 is 2.46 bits per heavy atom. The van der Waals surface area contributed by atoms with Crippen molar-refractivity contribution in [2.75, 3.05) is 26.2 Å². The largest absolute Gasteiger partial charge is 0.378 e. The third kappa shape index (κ3) is 4.74. The molecule has 0 aliphatic carbocycles. The summed E-state index contributed by atoms with van der Waals surface area (Å²) in [5, 5.41) is 0. The Bertz CT molecular complexity index is 535. The van der Waals surface area contributed by atoms with E-state index in [1.165, 1.54) is 0 Å². The Kier molecular flexibility index (Phi) is 8.27. The van der Waals surface area contributed by atoms with Gasteiger partial charge in [-0.25, -0.2) is 0 Å². The van der Waals surface area contributed by atoms with Crippen LogP contribution in [0.25, 0.3) is 0 Å². The molecule has 0 saturated carbocycles. The normalized spacial score (nSPS) is 15.7. The molecule has 1 aliphatic heterocycles. The Morgan fingerprint density at radius 2 is 1.96 bits per heavy atom. The molecule has 2 N–H and O–H groups in total. The van der Waals surface area contributed by atoms with Gasteiger partial charge in [0.1, 0.15) is 0 Å². The second-order valence-electron chi connectivity index (χ2n) is 6.75. The maximum atomic E-state index is 12.8. The number of hydrogen-bond acceptors (Lipinski definition) is 3. The third-order valence-electron chi connectivity index (χ3n) is 4.66. The first-order chi connectivity index (χ1) is 11.0. The van der Waals surface area contributed by atoms with Crippen molar-refractivity contribution in [2.45, 2.75) is 59.1 Å². The van der Waals surface area contributed by atoms with Gasteiger partial charge in [0, 0.05) is 37.1 Å². The number of hydrogen-bond donors (Lipinski definition) is 1. The topological polar surface area (TPSA) is 60.5 Å². The van der Waals surface area contributed by atoms with E-state index in [2.05, 4.69) is 25.3 Å². The monoisotopic (exact) mass is 357 g/mol. The fourth-order valence-corrected chi connectivity index (χ4v) is 3.52. The van der Waals surface area contributed by atoms with Gasteiger partial charge in [0.2, 0.25) is 0 Å². The van der Waals surface area contributed by atoms with Crippen LogP contribution in [0.2, 0.25) is 0 Å². The van der Waals surface area contributed by atoms with Crippen LogP contribution in [0.4, 0.5) is 0 Å². The first kappa shape index (κ1) is 21.0. The number of amides is 1. The van der Waals surface area contributed by atoms with Crippen LogP contribution in [0.3, 0.4) is 0 Å². The van der Waals surface area contributed by atoms with Crippen LogP contribution in [-0.4, -0.2) is 47.7 Å². The van der Waals surface area contributed by atoms with Gasteiger partial charge in [-0.1, -0.05) is 0 Å². The number of carbonyl (C=O) groups excluding carboxylic acids is 1. The Morgan fingerprint density at radius 1 is 1.33 bits per heavy atom. The van der Waals surface area contributed by atoms with Crippen LogP contribution in [0.5, 0.6) is 0 Å². The van der Waals surface area contributed by atoms with Crippen molar-refractivity contribution in [1.29, 1.82) is 0 Å². The molecule has 1 aromatic rings. The number of aryl methyl sites for hydroxylation is 1. The van der Waals surface area contributed by atoms with Gasteiger partial charge in [-0.3, -0.25) is 4.79 Å². The van der Waals surface area contributed by atoms with Crippen molar-refractivity contribution >= 4 is 18.3 Å². The van der Waals surface area contributed by atoms with E-state index >= 15 is 0 Å². The molecule has 1 saturated heterocycles. The fraction of sp³-hybridized carbons (Fsp3) is 0.722. The first-order valence-corrected chi connectivity index (χ1v) is 8.75. The lowest BCUT2D eigenvalue weighted by Gasteiger charge is -2.32. The van der Waals surface area contributed by atoms with E-state index in [1.807, 2.05) is 17.9 Å². The molecule has 1 amide bonds. The number of likely N-dealkylation sites (tertiary alicyclic amines) is 1. The van der Waals surface area contributed by atoms with Crippen molar-refractivity contribution in [3.63, 3.8) is 0 Å². The Balaban J connectivity index is 0.00000288. The fourth-order valence-electron chi connectivity index (χ4n) is 3.52. The van der Waals surface area contributed by atoms with Gasteiger partial charge in [-0.15, -0.1) is 12.4 Å². The van der Waals surface area contributed by atoms with E-state index < -0.39 is 0 Å².